The van der Waals surface area contributed by atoms with E-state index in [1.54, 1.807) is 0 Å². The lowest BCUT2D eigenvalue weighted by Gasteiger charge is -2.19. The molecule has 2 heterocycles. The molecular weight excluding hydrogens is 372 g/mol. The Morgan fingerprint density at radius 2 is 1.88 bits per heavy atom. The van der Waals surface area contributed by atoms with E-state index >= 15 is 0 Å². The number of hydrogen-bond donors (Lipinski definition) is 3. The van der Waals surface area contributed by atoms with Crippen molar-refractivity contribution in [3.05, 3.63) is 23.8 Å². The average molecular weight is 385 g/mol. The minimum absolute atomic E-state index is 0.0391. The molecule has 13 heteroatoms. The van der Waals surface area contributed by atoms with Gasteiger partial charge in [-0.05, 0) is 6.07 Å². The van der Waals surface area contributed by atoms with E-state index < -0.39 is 42.7 Å². The van der Waals surface area contributed by atoms with Gasteiger partial charge in [0, 0.05) is 19.9 Å². The van der Waals surface area contributed by atoms with E-state index in [2.05, 4.69) is 10.1 Å². The van der Waals surface area contributed by atoms with Crippen molar-refractivity contribution in [3.63, 3.8) is 0 Å². The summed E-state index contributed by atoms with van der Waals surface area (Å²) in [7, 11) is 0. The van der Waals surface area contributed by atoms with Crippen LogP contribution in [-0.4, -0.2) is 43.8 Å². The lowest BCUT2D eigenvalue weighted by Crippen LogP contribution is -2.37. The van der Waals surface area contributed by atoms with Gasteiger partial charge < -0.3 is 10.8 Å². The lowest BCUT2D eigenvalue weighted by molar-refractivity contribution is -0.285. The van der Waals surface area contributed by atoms with Crippen LogP contribution in [0, 0.1) is 11.2 Å². The monoisotopic (exact) mass is 385 g/mol. The van der Waals surface area contributed by atoms with E-state index in [9.17, 15) is 26.3 Å². The molecule has 4 N–H and O–H groups in total. The van der Waals surface area contributed by atoms with Crippen LogP contribution in [0.3, 0.4) is 0 Å². The first kappa shape index (κ1) is 21.2. The Morgan fingerprint density at radius 3 is 2.35 bits per heavy atom. The molecule has 2 rings (SSSR count). The highest BCUT2D eigenvalue weighted by Crippen LogP contribution is 2.38. The number of fused-ring (bicyclic) bond motifs is 1. The first-order valence-electron chi connectivity index (χ1n) is 6.77. The maximum Gasteiger partial charge on any atom is 0.453 e. The number of rotatable bonds is 4. The van der Waals surface area contributed by atoms with Crippen LogP contribution < -0.4 is 5.73 Å². The van der Waals surface area contributed by atoms with Crippen molar-refractivity contribution in [2.24, 2.45) is 5.73 Å². The van der Waals surface area contributed by atoms with Gasteiger partial charge in [0.15, 0.2) is 5.65 Å². The molecule has 2 aromatic heterocycles. The molecule has 0 fully saturated rings. The molecular formula is C13H13F6N5O2. The molecule has 0 amide bonds. The molecule has 144 valence electrons. The van der Waals surface area contributed by atoms with Crippen LogP contribution in [0.5, 0.6) is 0 Å². The molecule has 0 bridgehead atoms. The van der Waals surface area contributed by atoms with Crippen LogP contribution in [0.2, 0.25) is 0 Å². The second-order valence-electron chi connectivity index (χ2n) is 4.98. The predicted octanol–water partition coefficient (Wildman–Crippen LogP) is 2.53. The van der Waals surface area contributed by atoms with Crippen LogP contribution in [-0.2, 0) is 11.3 Å². The lowest BCUT2D eigenvalue weighted by atomic mass is 10.2. The number of carboxylic acids is 1. The number of carbonyl (C=O) groups is 1. The smallest absolute Gasteiger partial charge is 0.453 e. The molecule has 0 saturated heterocycles. The average Bonchev–Trinajstić information content (AvgIpc) is 2.81. The molecule has 0 saturated carbocycles. The molecule has 2 aromatic rings. The Kier molecular flexibility index (Phi) is 6.17. The number of hydrogen-bond acceptors (Lipinski definition) is 4. The van der Waals surface area contributed by atoms with Crippen molar-refractivity contribution in [1.29, 1.82) is 5.41 Å². The number of amidine groups is 1. The highest BCUT2D eigenvalue weighted by atomic mass is 19.4. The van der Waals surface area contributed by atoms with Gasteiger partial charge in [0.2, 0.25) is 0 Å². The zero-order valence-electron chi connectivity index (χ0n) is 13.1. The molecule has 26 heavy (non-hydrogen) atoms. The number of nitrogen functional groups attached to an aromatic ring is 1. The third kappa shape index (κ3) is 5.07. The molecule has 0 aliphatic carbocycles. The van der Waals surface area contributed by atoms with Gasteiger partial charge in [0.05, 0.1) is 11.6 Å². The fraction of sp³-hybridized carbons (Fsp3) is 0.385. The molecule has 0 aromatic carbocycles. The third-order valence-electron chi connectivity index (χ3n) is 2.86. The van der Waals surface area contributed by atoms with Crippen molar-refractivity contribution in [1.82, 2.24) is 14.8 Å². The van der Waals surface area contributed by atoms with Gasteiger partial charge in [-0.3, -0.25) is 10.2 Å². The zero-order chi connectivity index (χ0) is 20.3. The van der Waals surface area contributed by atoms with Gasteiger partial charge in [-0.2, -0.15) is 27.1 Å². The summed E-state index contributed by atoms with van der Waals surface area (Å²) in [5, 5.41) is 18.3. The summed E-state index contributed by atoms with van der Waals surface area (Å²) in [4.78, 5) is 12.6. The number of carboxylic acid groups (broad SMARTS) is 1. The van der Waals surface area contributed by atoms with Crippen LogP contribution in [0.25, 0.3) is 11.0 Å². The topological polar surface area (TPSA) is 118 Å². The Bertz CT molecular complexity index is 813. The first-order valence-corrected chi connectivity index (χ1v) is 6.77. The number of nitrogens with zero attached hydrogens (tertiary/aromatic N) is 3. The number of pyridine rings is 1. The van der Waals surface area contributed by atoms with Crippen LogP contribution >= 0.6 is 0 Å². The van der Waals surface area contributed by atoms with Crippen molar-refractivity contribution in [2.75, 3.05) is 0 Å². The van der Waals surface area contributed by atoms with Gasteiger partial charge in [-0.15, -0.1) is 0 Å². The van der Waals surface area contributed by atoms with E-state index in [4.69, 9.17) is 21.0 Å². The number of nitrogens with two attached hydrogens (primary N) is 1. The van der Waals surface area contributed by atoms with E-state index in [1.165, 1.54) is 0 Å². The highest BCUT2D eigenvalue weighted by molar-refractivity contribution is 6.04. The van der Waals surface area contributed by atoms with Crippen molar-refractivity contribution >= 4 is 22.8 Å². The quantitative estimate of drug-likeness (QED) is 0.425. The zero-order valence-corrected chi connectivity index (χ0v) is 13.1. The van der Waals surface area contributed by atoms with Crippen molar-refractivity contribution in [3.8, 4) is 0 Å². The number of halogens is 6. The summed E-state index contributed by atoms with van der Waals surface area (Å²) < 4.78 is 76.2. The van der Waals surface area contributed by atoms with Crippen LogP contribution in [0.1, 0.15) is 19.0 Å². The number of aliphatic carboxylic acids is 1. The number of alkyl halides is 5. The molecule has 0 unspecified atom stereocenters. The number of nitrogens with one attached hydrogen (secondary N) is 1. The van der Waals surface area contributed by atoms with E-state index in [0.717, 1.165) is 23.9 Å². The van der Waals surface area contributed by atoms with Gasteiger partial charge >= 0.3 is 12.1 Å². The molecule has 0 aliphatic rings. The Morgan fingerprint density at radius 1 is 1.35 bits per heavy atom. The maximum absolute atomic E-state index is 13.1. The van der Waals surface area contributed by atoms with Gasteiger partial charge in [-0.1, -0.05) is 0 Å². The number of aromatic nitrogens is 3. The summed E-state index contributed by atoms with van der Waals surface area (Å²) in [6, 6.07) is 0.921. The normalized spacial score (nSPS) is 11.8. The fourth-order valence-electron chi connectivity index (χ4n) is 1.78. The predicted molar refractivity (Wildman–Crippen MR) is 77.4 cm³/mol. The van der Waals surface area contributed by atoms with Crippen LogP contribution in [0.4, 0.5) is 26.3 Å². The van der Waals surface area contributed by atoms with E-state index in [1.807, 2.05) is 0 Å². The summed E-state index contributed by atoms with van der Waals surface area (Å²) in [5.41, 5.74) is 4.85. The fourth-order valence-corrected chi connectivity index (χ4v) is 1.78. The van der Waals surface area contributed by atoms with Crippen molar-refractivity contribution in [2.45, 2.75) is 32.0 Å². The second kappa shape index (κ2) is 7.58. The van der Waals surface area contributed by atoms with Gasteiger partial charge in [0.1, 0.15) is 17.3 Å². The van der Waals surface area contributed by atoms with E-state index in [0.29, 0.717) is 0 Å². The van der Waals surface area contributed by atoms with Crippen molar-refractivity contribution < 1.29 is 36.2 Å². The third-order valence-corrected chi connectivity index (χ3v) is 2.86. The summed E-state index contributed by atoms with van der Waals surface area (Å²) in [6.45, 7) is 0.259. The SMILES string of the molecule is CC(=O)O.N=C(N)c1nn(CCC(F)(F)C(F)(F)F)c2ncc(F)cc12. The molecule has 0 radical (unpaired) electrons. The van der Waals surface area contributed by atoms with Gasteiger partial charge in [-0.25, -0.2) is 14.1 Å². The minimum atomic E-state index is -5.68. The summed E-state index contributed by atoms with van der Waals surface area (Å²) in [6.07, 6.45) is -6.49. The maximum atomic E-state index is 13.1. The number of aryl methyl sites for hydroxylation is 1. The molecule has 0 atom stereocenters. The molecule has 0 aliphatic heterocycles. The van der Waals surface area contributed by atoms with Gasteiger partial charge in [0.25, 0.3) is 5.97 Å². The standard InChI is InChI=1S/C11H9F6N5.C2H4O2/c12-5-3-6-7(8(18)19)21-22(9(6)20-4-5)2-1-10(13,14)11(15,16)17;1-2(3)4/h3-4H,1-2H2,(H3,18,19);1H3,(H,3,4). The second-order valence-corrected chi connectivity index (χ2v) is 4.98. The Balaban J connectivity index is 0.000000765. The molecule has 0 spiro atoms. The Hall–Kier alpha value is -2.86. The molecule has 7 nitrogen and oxygen atoms in total. The largest absolute Gasteiger partial charge is 0.481 e. The Labute approximate surface area is 141 Å². The summed E-state index contributed by atoms with van der Waals surface area (Å²) in [5.74, 6) is -7.10. The summed E-state index contributed by atoms with van der Waals surface area (Å²) >= 11 is 0. The van der Waals surface area contributed by atoms with Crippen LogP contribution in [0.15, 0.2) is 12.3 Å². The minimum Gasteiger partial charge on any atom is -0.481 e. The first-order chi connectivity index (χ1) is 11.8. The van der Waals surface area contributed by atoms with E-state index in [-0.39, 0.29) is 16.7 Å². The highest BCUT2D eigenvalue weighted by Gasteiger charge is 2.56.